The van der Waals surface area contributed by atoms with Crippen molar-refractivity contribution in [3.05, 3.63) is 36.1 Å². The van der Waals surface area contributed by atoms with E-state index >= 15 is 0 Å². The Kier molecular flexibility index (Phi) is 3.97. The van der Waals surface area contributed by atoms with Gasteiger partial charge >= 0.3 is 0 Å². The summed E-state index contributed by atoms with van der Waals surface area (Å²) in [4.78, 5) is 15.0. The Hall–Kier alpha value is -1.81. The van der Waals surface area contributed by atoms with Crippen LogP contribution < -0.4 is 5.32 Å². The highest BCUT2D eigenvalue weighted by Crippen LogP contribution is 2.24. The van der Waals surface area contributed by atoms with Crippen molar-refractivity contribution in [2.45, 2.75) is 38.8 Å². The highest BCUT2D eigenvalue weighted by Gasteiger charge is 2.31. The molecule has 1 saturated heterocycles. The molecule has 2 atom stereocenters. The summed E-state index contributed by atoms with van der Waals surface area (Å²) in [5, 5.41) is 4.43. The van der Waals surface area contributed by atoms with Crippen molar-refractivity contribution in [2.24, 2.45) is 0 Å². The van der Waals surface area contributed by atoms with Gasteiger partial charge in [0, 0.05) is 30.6 Å². The second-order valence-corrected chi connectivity index (χ2v) is 5.68. The fourth-order valence-electron chi connectivity index (χ4n) is 3.05. The predicted octanol–water partition coefficient (Wildman–Crippen LogP) is 3.04. The summed E-state index contributed by atoms with van der Waals surface area (Å²) in [6, 6.07) is 8.36. The van der Waals surface area contributed by atoms with Gasteiger partial charge in [-0.2, -0.15) is 0 Å². The zero-order valence-electron chi connectivity index (χ0n) is 12.6. The van der Waals surface area contributed by atoms with Gasteiger partial charge in [0.05, 0.1) is 5.56 Å². The molecule has 1 N–H and O–H groups in total. The molecular weight excluding hydrogens is 264 g/mol. The van der Waals surface area contributed by atoms with E-state index in [-0.39, 0.29) is 11.9 Å². The van der Waals surface area contributed by atoms with Crippen LogP contribution in [0.15, 0.2) is 34.9 Å². The maximum atomic E-state index is 12.9. The monoisotopic (exact) mass is 286 g/mol. The molecule has 1 aromatic carbocycles. The molecule has 4 heteroatoms. The fourth-order valence-corrected chi connectivity index (χ4v) is 3.05. The van der Waals surface area contributed by atoms with Gasteiger partial charge in [0.25, 0.3) is 5.91 Å². The first-order chi connectivity index (χ1) is 10.2. The molecule has 0 radical (unpaired) electrons. The van der Waals surface area contributed by atoms with E-state index in [2.05, 4.69) is 19.2 Å². The summed E-state index contributed by atoms with van der Waals surface area (Å²) in [6.07, 6.45) is 3.60. The SMILES string of the molecule is CCC1CN(C(=O)c2coc3ccccc23)C(CC)CN1. The van der Waals surface area contributed by atoms with E-state index in [1.807, 2.05) is 29.2 Å². The van der Waals surface area contributed by atoms with Crippen LogP contribution in [0.1, 0.15) is 37.0 Å². The summed E-state index contributed by atoms with van der Waals surface area (Å²) < 4.78 is 5.52. The quantitative estimate of drug-likeness (QED) is 0.943. The smallest absolute Gasteiger partial charge is 0.258 e. The van der Waals surface area contributed by atoms with Crippen molar-refractivity contribution >= 4 is 16.9 Å². The van der Waals surface area contributed by atoms with E-state index in [1.54, 1.807) is 6.26 Å². The van der Waals surface area contributed by atoms with Gasteiger partial charge in [0.2, 0.25) is 0 Å². The number of hydrogen-bond donors (Lipinski definition) is 1. The predicted molar refractivity (Wildman–Crippen MR) is 83.4 cm³/mol. The summed E-state index contributed by atoms with van der Waals surface area (Å²) in [7, 11) is 0. The minimum atomic E-state index is 0.0896. The standard InChI is InChI=1S/C17H22N2O2/c1-3-12-10-19(13(4-2)9-18-12)17(20)15-11-21-16-8-6-5-7-14(15)16/h5-8,11-13,18H,3-4,9-10H2,1-2H3. The van der Waals surface area contributed by atoms with Crippen LogP contribution >= 0.6 is 0 Å². The van der Waals surface area contributed by atoms with Gasteiger partial charge in [-0.1, -0.05) is 32.0 Å². The molecule has 2 heterocycles. The van der Waals surface area contributed by atoms with Gasteiger partial charge in [-0.05, 0) is 18.9 Å². The third kappa shape index (κ3) is 2.56. The van der Waals surface area contributed by atoms with Crippen LogP contribution in [0.2, 0.25) is 0 Å². The van der Waals surface area contributed by atoms with Gasteiger partial charge in [-0.3, -0.25) is 4.79 Å². The van der Waals surface area contributed by atoms with Crippen LogP contribution in [0, 0.1) is 0 Å². The minimum absolute atomic E-state index is 0.0896. The van der Waals surface area contributed by atoms with Crippen LogP contribution in [-0.4, -0.2) is 36.0 Å². The van der Waals surface area contributed by atoms with E-state index in [1.165, 1.54) is 0 Å². The van der Waals surface area contributed by atoms with Crippen molar-refractivity contribution in [2.75, 3.05) is 13.1 Å². The summed E-state index contributed by atoms with van der Waals surface area (Å²) >= 11 is 0. The highest BCUT2D eigenvalue weighted by molar-refractivity contribution is 6.06. The van der Waals surface area contributed by atoms with Gasteiger partial charge in [-0.25, -0.2) is 0 Å². The number of nitrogens with one attached hydrogen (secondary N) is 1. The molecule has 0 aliphatic carbocycles. The van der Waals surface area contributed by atoms with E-state index in [0.717, 1.165) is 36.9 Å². The third-order valence-corrected chi connectivity index (χ3v) is 4.44. The molecule has 112 valence electrons. The third-order valence-electron chi connectivity index (χ3n) is 4.44. The lowest BCUT2D eigenvalue weighted by molar-refractivity contribution is 0.0577. The number of carbonyl (C=O) groups excluding carboxylic acids is 1. The van der Waals surface area contributed by atoms with E-state index in [0.29, 0.717) is 11.6 Å². The molecule has 0 saturated carbocycles. The Morgan fingerprint density at radius 3 is 2.90 bits per heavy atom. The summed E-state index contributed by atoms with van der Waals surface area (Å²) in [6.45, 7) is 5.93. The zero-order valence-corrected chi connectivity index (χ0v) is 12.6. The van der Waals surface area contributed by atoms with Crippen LogP contribution in [0.25, 0.3) is 11.0 Å². The van der Waals surface area contributed by atoms with Gasteiger partial charge in [0.15, 0.2) is 0 Å². The average Bonchev–Trinajstić information content (AvgIpc) is 2.97. The molecule has 0 bridgehead atoms. The number of furan rings is 1. The van der Waals surface area contributed by atoms with Crippen molar-refractivity contribution in [3.63, 3.8) is 0 Å². The number of hydrogen-bond acceptors (Lipinski definition) is 3. The van der Waals surface area contributed by atoms with Crippen LogP contribution in [0.3, 0.4) is 0 Å². The van der Waals surface area contributed by atoms with Gasteiger partial charge < -0.3 is 14.6 Å². The molecule has 4 nitrogen and oxygen atoms in total. The zero-order chi connectivity index (χ0) is 14.8. The van der Waals surface area contributed by atoms with Crippen LogP contribution in [0.4, 0.5) is 0 Å². The summed E-state index contributed by atoms with van der Waals surface area (Å²) in [5.41, 5.74) is 1.46. The average molecular weight is 286 g/mol. The minimum Gasteiger partial charge on any atom is -0.463 e. The molecule has 1 aliphatic rings. The summed E-state index contributed by atoms with van der Waals surface area (Å²) in [5.74, 6) is 0.0896. The number of piperazine rings is 1. The number of carbonyl (C=O) groups is 1. The Morgan fingerprint density at radius 2 is 2.14 bits per heavy atom. The first-order valence-electron chi connectivity index (χ1n) is 7.75. The molecule has 1 aromatic heterocycles. The molecular formula is C17H22N2O2. The Balaban J connectivity index is 1.92. The molecule has 1 amide bonds. The van der Waals surface area contributed by atoms with E-state index < -0.39 is 0 Å². The topological polar surface area (TPSA) is 45.5 Å². The Bertz CT molecular complexity index is 635. The lowest BCUT2D eigenvalue weighted by atomic mass is 10.0. The number of benzene rings is 1. The first kappa shape index (κ1) is 14.1. The van der Waals surface area contributed by atoms with Gasteiger partial charge in [0.1, 0.15) is 11.8 Å². The van der Waals surface area contributed by atoms with Crippen molar-refractivity contribution in [1.82, 2.24) is 10.2 Å². The number of rotatable bonds is 3. The highest BCUT2D eigenvalue weighted by atomic mass is 16.3. The van der Waals surface area contributed by atoms with E-state index in [9.17, 15) is 4.79 Å². The van der Waals surface area contributed by atoms with Crippen molar-refractivity contribution < 1.29 is 9.21 Å². The lowest BCUT2D eigenvalue weighted by Crippen LogP contribution is -2.57. The number of para-hydroxylation sites is 1. The fraction of sp³-hybridized carbons (Fsp3) is 0.471. The van der Waals surface area contributed by atoms with Crippen molar-refractivity contribution in [3.8, 4) is 0 Å². The largest absolute Gasteiger partial charge is 0.463 e. The number of amides is 1. The molecule has 3 rings (SSSR count). The first-order valence-corrected chi connectivity index (χ1v) is 7.75. The second kappa shape index (κ2) is 5.90. The Labute approximate surface area is 125 Å². The normalized spacial score (nSPS) is 22.7. The molecule has 0 spiro atoms. The molecule has 1 fully saturated rings. The molecule has 1 aliphatic heterocycles. The van der Waals surface area contributed by atoms with E-state index in [4.69, 9.17) is 4.42 Å². The maximum Gasteiger partial charge on any atom is 0.258 e. The number of fused-ring (bicyclic) bond motifs is 1. The van der Waals surface area contributed by atoms with Crippen LogP contribution in [0.5, 0.6) is 0 Å². The van der Waals surface area contributed by atoms with Gasteiger partial charge in [-0.15, -0.1) is 0 Å². The molecule has 2 unspecified atom stereocenters. The maximum absolute atomic E-state index is 12.9. The molecule has 21 heavy (non-hydrogen) atoms. The lowest BCUT2D eigenvalue weighted by Gasteiger charge is -2.39. The second-order valence-electron chi connectivity index (χ2n) is 5.68. The van der Waals surface area contributed by atoms with Crippen LogP contribution in [-0.2, 0) is 0 Å². The Morgan fingerprint density at radius 1 is 1.33 bits per heavy atom. The number of nitrogens with zero attached hydrogens (tertiary/aromatic N) is 1. The van der Waals surface area contributed by atoms with Crippen molar-refractivity contribution in [1.29, 1.82) is 0 Å². The molecule has 2 aromatic rings.